The molecule has 0 radical (unpaired) electrons. The largest absolute Gasteiger partial charge is 0.362 e. The quantitative estimate of drug-likeness (QED) is 0.174. The van der Waals surface area contributed by atoms with Crippen molar-refractivity contribution in [2.75, 3.05) is 25.5 Å². The van der Waals surface area contributed by atoms with Crippen LogP contribution in [0.3, 0.4) is 0 Å². The Morgan fingerprint density at radius 3 is 2.29 bits per heavy atom. The van der Waals surface area contributed by atoms with Crippen LogP contribution in [0.5, 0.6) is 0 Å². The van der Waals surface area contributed by atoms with Crippen LogP contribution in [0.15, 0.2) is 91.1 Å². The lowest BCUT2D eigenvalue weighted by molar-refractivity contribution is -0.123. The smallest absolute Gasteiger partial charge is 0.227 e. The molecule has 1 aromatic heterocycles. The van der Waals surface area contributed by atoms with Crippen LogP contribution in [0.2, 0.25) is 0 Å². The van der Waals surface area contributed by atoms with Crippen LogP contribution in [0.4, 0.5) is 5.82 Å². The van der Waals surface area contributed by atoms with Crippen LogP contribution in [-0.2, 0) is 4.79 Å². The Labute approximate surface area is 245 Å². The summed E-state index contributed by atoms with van der Waals surface area (Å²) in [5, 5.41) is 4.16. The Morgan fingerprint density at radius 2 is 1.66 bits per heavy atom. The van der Waals surface area contributed by atoms with E-state index in [0.717, 1.165) is 35.0 Å². The number of anilines is 1. The molecule has 2 aromatic carbocycles. The van der Waals surface area contributed by atoms with Crippen LogP contribution in [0.1, 0.15) is 55.7 Å². The lowest BCUT2D eigenvalue weighted by Gasteiger charge is -2.26. The van der Waals surface area contributed by atoms with Crippen molar-refractivity contribution in [1.29, 1.82) is 0 Å². The molecule has 1 atom stereocenters. The number of Topliss-reactive ketones (excluding diaryl/α,β-unsaturated/α-hetero) is 1. The summed E-state index contributed by atoms with van der Waals surface area (Å²) < 4.78 is 0. The van der Waals surface area contributed by atoms with Crippen LogP contribution >= 0.6 is 0 Å². The number of hydrogen-bond donors (Lipinski definition) is 1. The van der Waals surface area contributed by atoms with Crippen LogP contribution in [0, 0.1) is 24.7 Å². The molecule has 1 saturated carbocycles. The molecule has 4 rings (SSSR count). The van der Waals surface area contributed by atoms with Gasteiger partial charge in [0.05, 0.1) is 11.4 Å². The Balaban J connectivity index is 0.000000275. The van der Waals surface area contributed by atoms with Gasteiger partial charge in [0.25, 0.3) is 0 Å². The third kappa shape index (κ3) is 8.97. The highest BCUT2D eigenvalue weighted by Gasteiger charge is 2.21. The zero-order valence-corrected chi connectivity index (χ0v) is 25.2. The number of carbonyl (C=O) groups is 2. The van der Waals surface area contributed by atoms with E-state index in [9.17, 15) is 9.59 Å². The molecule has 6 heteroatoms. The van der Waals surface area contributed by atoms with Crippen molar-refractivity contribution in [1.82, 2.24) is 15.3 Å². The summed E-state index contributed by atoms with van der Waals surface area (Å²) in [6, 6.07) is 17.1. The van der Waals surface area contributed by atoms with Gasteiger partial charge < -0.3 is 10.2 Å². The highest BCUT2D eigenvalue weighted by Crippen LogP contribution is 2.28. The molecule has 0 spiro atoms. The number of rotatable bonds is 9. The van der Waals surface area contributed by atoms with Gasteiger partial charge in [-0.1, -0.05) is 81.5 Å². The van der Waals surface area contributed by atoms with Gasteiger partial charge in [0.1, 0.15) is 11.6 Å². The highest BCUT2D eigenvalue weighted by molar-refractivity contribution is 6.10. The number of hydrogen-bond acceptors (Lipinski definition) is 5. The molecule has 1 amide bonds. The summed E-state index contributed by atoms with van der Waals surface area (Å²) in [6.45, 7) is 14.5. The minimum absolute atomic E-state index is 0.0366. The number of aryl methyl sites for hydroxylation is 1. The highest BCUT2D eigenvalue weighted by atomic mass is 16.2. The van der Waals surface area contributed by atoms with Gasteiger partial charge in [-0.15, -0.1) is 0 Å². The van der Waals surface area contributed by atoms with E-state index in [2.05, 4.69) is 35.4 Å². The number of nitrogens with one attached hydrogen (secondary N) is 1. The number of amides is 1. The predicted octanol–water partition coefficient (Wildman–Crippen LogP) is 7.12. The van der Waals surface area contributed by atoms with E-state index in [0.29, 0.717) is 22.6 Å². The summed E-state index contributed by atoms with van der Waals surface area (Å²) in [6.07, 6.45) is 8.06. The Morgan fingerprint density at radius 1 is 1.02 bits per heavy atom. The number of benzene rings is 2. The fourth-order valence-electron chi connectivity index (χ4n) is 4.91. The summed E-state index contributed by atoms with van der Waals surface area (Å²) in [5.41, 5.74) is 2.67. The van der Waals surface area contributed by atoms with Crippen molar-refractivity contribution in [3.05, 3.63) is 102 Å². The maximum atomic E-state index is 12.6. The first-order valence-electron chi connectivity index (χ1n) is 14.4. The number of carbonyl (C=O) groups excluding carboxylic acids is 2. The van der Waals surface area contributed by atoms with E-state index >= 15 is 0 Å². The molecule has 1 N–H and O–H groups in total. The predicted molar refractivity (Wildman–Crippen MR) is 170 cm³/mol. The molecule has 1 heterocycles. The molecular formula is C35H44N4O2. The Bertz CT molecular complexity index is 1390. The van der Waals surface area contributed by atoms with Gasteiger partial charge in [-0.2, -0.15) is 0 Å². The first kappa shape index (κ1) is 31.5. The lowest BCUT2D eigenvalue weighted by atomic mass is 9.83. The maximum Gasteiger partial charge on any atom is 0.227 e. The molecule has 1 aliphatic rings. The van der Waals surface area contributed by atoms with Crippen molar-refractivity contribution in [2.24, 2.45) is 17.8 Å². The third-order valence-electron chi connectivity index (χ3n) is 7.63. The van der Waals surface area contributed by atoms with E-state index in [4.69, 9.17) is 0 Å². The van der Waals surface area contributed by atoms with E-state index < -0.39 is 0 Å². The van der Waals surface area contributed by atoms with Gasteiger partial charge in [-0.05, 0) is 62.3 Å². The van der Waals surface area contributed by atoms with Crippen molar-refractivity contribution in [3.63, 3.8) is 0 Å². The van der Waals surface area contributed by atoms with Crippen LogP contribution < -0.4 is 10.2 Å². The number of ketones is 1. The van der Waals surface area contributed by atoms with Crippen molar-refractivity contribution in [3.8, 4) is 0 Å². The molecule has 0 aliphatic heterocycles. The minimum atomic E-state index is -0.383. The van der Waals surface area contributed by atoms with Crippen LogP contribution in [0.25, 0.3) is 10.9 Å². The zero-order valence-electron chi connectivity index (χ0n) is 25.2. The lowest BCUT2D eigenvalue weighted by Crippen LogP contribution is -2.35. The number of aromatic nitrogens is 2. The molecule has 3 aromatic rings. The first-order valence-corrected chi connectivity index (χ1v) is 14.4. The van der Waals surface area contributed by atoms with Gasteiger partial charge in [0, 0.05) is 37.2 Å². The number of para-hydroxylation sites is 1. The number of nitrogens with zero attached hydrogens (tertiary/aromatic N) is 3. The molecule has 1 fully saturated rings. The standard InChI is InChI=1S/C24H31NO2.C11H13N3/c1-5-21(23(26)22-9-7-6-8-10-22)15-18(3)19(4)24(27)25-16-20-13-11-17(2)12-14-20;1-8-12-10-7-5-4-6-9(10)11(13-8)14(2)3/h5-10,15,17,19-20H,1,3,11-14,16H2,2,4H3,(H,25,27);4-7H,1-3H3/b21-15+;. The van der Waals surface area contributed by atoms with E-state index in [1.165, 1.54) is 31.8 Å². The topological polar surface area (TPSA) is 75.2 Å². The van der Waals surface area contributed by atoms with Gasteiger partial charge >= 0.3 is 0 Å². The Kier molecular flexibility index (Phi) is 11.6. The molecule has 6 nitrogen and oxygen atoms in total. The maximum absolute atomic E-state index is 12.6. The number of allylic oxidation sites excluding steroid dienone is 3. The summed E-state index contributed by atoms with van der Waals surface area (Å²) in [5.74, 6) is 2.64. The Hall–Kier alpha value is -4.06. The van der Waals surface area contributed by atoms with E-state index in [1.807, 2.05) is 75.3 Å². The second-order valence-electron chi connectivity index (χ2n) is 11.2. The van der Waals surface area contributed by atoms with Gasteiger partial charge in [-0.3, -0.25) is 9.59 Å². The minimum Gasteiger partial charge on any atom is -0.362 e. The molecule has 216 valence electrons. The second-order valence-corrected chi connectivity index (χ2v) is 11.2. The average molecular weight is 553 g/mol. The summed E-state index contributed by atoms with van der Waals surface area (Å²) >= 11 is 0. The molecule has 41 heavy (non-hydrogen) atoms. The van der Waals surface area contributed by atoms with E-state index in [1.54, 1.807) is 18.2 Å². The molecule has 1 unspecified atom stereocenters. The van der Waals surface area contributed by atoms with Crippen molar-refractivity contribution in [2.45, 2.75) is 46.5 Å². The summed E-state index contributed by atoms with van der Waals surface area (Å²) in [4.78, 5) is 35.9. The fraction of sp³-hybridized carbons (Fsp3) is 0.371. The SMILES string of the molecule is C=C/C(=C\C(=C)C(C)C(=O)NCC1CCC(C)CC1)C(=O)c1ccccc1.Cc1nc(N(C)C)c2ccccc2n1. The first-order chi connectivity index (χ1) is 19.6. The summed E-state index contributed by atoms with van der Waals surface area (Å²) in [7, 11) is 3.99. The second kappa shape index (κ2) is 15.1. The number of fused-ring (bicyclic) bond motifs is 1. The molecular weight excluding hydrogens is 508 g/mol. The normalized spacial score (nSPS) is 17.5. The monoisotopic (exact) mass is 552 g/mol. The third-order valence-corrected chi connectivity index (χ3v) is 7.63. The average Bonchev–Trinajstić information content (AvgIpc) is 2.98. The van der Waals surface area contributed by atoms with Gasteiger partial charge in [-0.25, -0.2) is 9.97 Å². The van der Waals surface area contributed by atoms with Gasteiger partial charge in [0.15, 0.2) is 5.78 Å². The zero-order chi connectivity index (χ0) is 29.9. The van der Waals surface area contributed by atoms with Crippen LogP contribution in [-0.4, -0.2) is 42.3 Å². The van der Waals surface area contributed by atoms with E-state index in [-0.39, 0.29) is 17.6 Å². The van der Waals surface area contributed by atoms with Crippen molar-refractivity contribution < 1.29 is 9.59 Å². The molecule has 1 aliphatic carbocycles. The van der Waals surface area contributed by atoms with Crippen molar-refractivity contribution >= 4 is 28.4 Å². The molecule has 0 bridgehead atoms. The molecule has 0 saturated heterocycles. The van der Waals surface area contributed by atoms with Gasteiger partial charge in [0.2, 0.25) is 5.91 Å². The fourth-order valence-corrected chi connectivity index (χ4v) is 4.91.